The standard InChI is InChI=1S/C13H13F3N2O3S/c1-20-2-3-21-6-8-4-9(13(14,15)16)5-10-11(8)18-12(22-10)17-7-19/h4-5,7H,2-3,6H2,1H3,(H,17,18,19). The number of nitrogens with zero attached hydrogens (tertiary/aromatic N) is 1. The van der Waals surface area contributed by atoms with Crippen LogP contribution in [0.5, 0.6) is 0 Å². The summed E-state index contributed by atoms with van der Waals surface area (Å²) in [6.45, 7) is 0.586. The molecule has 22 heavy (non-hydrogen) atoms. The Morgan fingerprint density at radius 1 is 1.36 bits per heavy atom. The van der Waals surface area contributed by atoms with Crippen molar-refractivity contribution in [3.05, 3.63) is 23.3 Å². The molecular weight excluding hydrogens is 321 g/mol. The number of hydrogen-bond acceptors (Lipinski definition) is 5. The molecule has 2 aromatic rings. The fourth-order valence-electron chi connectivity index (χ4n) is 1.81. The number of nitrogens with one attached hydrogen (secondary N) is 1. The van der Waals surface area contributed by atoms with E-state index in [4.69, 9.17) is 9.47 Å². The number of hydrogen-bond donors (Lipinski definition) is 1. The van der Waals surface area contributed by atoms with Crippen LogP contribution in [-0.4, -0.2) is 31.7 Å². The highest BCUT2D eigenvalue weighted by atomic mass is 32.1. The van der Waals surface area contributed by atoms with Crippen molar-refractivity contribution in [1.29, 1.82) is 0 Å². The summed E-state index contributed by atoms with van der Waals surface area (Å²) in [4.78, 5) is 14.6. The third-order valence-electron chi connectivity index (χ3n) is 2.77. The van der Waals surface area contributed by atoms with Crippen LogP contribution < -0.4 is 5.32 Å². The average Bonchev–Trinajstić information content (AvgIpc) is 2.85. The monoisotopic (exact) mass is 334 g/mol. The fraction of sp³-hybridized carbons (Fsp3) is 0.385. The topological polar surface area (TPSA) is 60.5 Å². The zero-order valence-corrected chi connectivity index (χ0v) is 12.4. The minimum absolute atomic E-state index is 0.0198. The van der Waals surface area contributed by atoms with Gasteiger partial charge in [-0.3, -0.25) is 4.79 Å². The van der Waals surface area contributed by atoms with Crippen LogP contribution >= 0.6 is 11.3 Å². The van der Waals surface area contributed by atoms with E-state index >= 15 is 0 Å². The van der Waals surface area contributed by atoms with Gasteiger partial charge in [-0.1, -0.05) is 11.3 Å². The zero-order chi connectivity index (χ0) is 16.2. The van der Waals surface area contributed by atoms with Crippen LogP contribution in [0, 0.1) is 0 Å². The van der Waals surface area contributed by atoms with Gasteiger partial charge >= 0.3 is 6.18 Å². The second-order valence-electron chi connectivity index (χ2n) is 4.31. The van der Waals surface area contributed by atoms with Crippen LogP contribution in [0.25, 0.3) is 10.2 Å². The lowest BCUT2D eigenvalue weighted by Gasteiger charge is -2.10. The molecule has 0 spiro atoms. The van der Waals surface area contributed by atoms with Crippen molar-refractivity contribution in [3.8, 4) is 0 Å². The van der Waals surface area contributed by atoms with Crippen molar-refractivity contribution in [1.82, 2.24) is 4.98 Å². The number of ether oxygens (including phenoxy) is 2. The van der Waals surface area contributed by atoms with Gasteiger partial charge in [0.25, 0.3) is 0 Å². The van der Waals surface area contributed by atoms with Gasteiger partial charge in [0.1, 0.15) is 0 Å². The first-order chi connectivity index (χ1) is 10.5. The molecule has 0 radical (unpaired) electrons. The van der Waals surface area contributed by atoms with Crippen LogP contribution in [0.15, 0.2) is 12.1 Å². The maximum atomic E-state index is 12.9. The molecule has 0 saturated heterocycles. The van der Waals surface area contributed by atoms with Crippen LogP contribution in [0.1, 0.15) is 11.1 Å². The summed E-state index contributed by atoms with van der Waals surface area (Å²) < 4.78 is 49.3. The third kappa shape index (κ3) is 3.93. The molecular formula is C13H13F3N2O3S. The van der Waals surface area contributed by atoms with Gasteiger partial charge in [0.05, 0.1) is 35.6 Å². The molecule has 1 N–H and O–H groups in total. The van der Waals surface area contributed by atoms with Crippen molar-refractivity contribution in [2.45, 2.75) is 12.8 Å². The van der Waals surface area contributed by atoms with E-state index in [2.05, 4.69) is 10.3 Å². The lowest BCUT2D eigenvalue weighted by Crippen LogP contribution is -2.07. The molecule has 9 heteroatoms. The van der Waals surface area contributed by atoms with E-state index < -0.39 is 11.7 Å². The van der Waals surface area contributed by atoms with E-state index in [0.717, 1.165) is 23.5 Å². The maximum absolute atomic E-state index is 12.9. The maximum Gasteiger partial charge on any atom is 0.416 e. The number of aromatic nitrogens is 1. The Morgan fingerprint density at radius 2 is 2.14 bits per heavy atom. The number of fused-ring (bicyclic) bond motifs is 1. The van der Waals surface area contributed by atoms with Crippen LogP contribution in [0.2, 0.25) is 0 Å². The van der Waals surface area contributed by atoms with Crippen molar-refractivity contribution in [3.63, 3.8) is 0 Å². The van der Waals surface area contributed by atoms with Crippen molar-refractivity contribution in [2.24, 2.45) is 0 Å². The molecule has 5 nitrogen and oxygen atoms in total. The number of anilines is 1. The van der Waals surface area contributed by atoms with Crippen LogP contribution in [-0.2, 0) is 27.1 Å². The molecule has 0 saturated carbocycles. The summed E-state index contributed by atoms with van der Waals surface area (Å²) in [6.07, 6.45) is -4.03. The van der Waals surface area contributed by atoms with E-state index in [1.165, 1.54) is 7.11 Å². The van der Waals surface area contributed by atoms with E-state index in [1.807, 2.05) is 0 Å². The molecule has 0 fully saturated rings. The summed E-state index contributed by atoms with van der Waals surface area (Å²) in [5, 5.41) is 2.58. The van der Waals surface area contributed by atoms with Crippen molar-refractivity contribution >= 4 is 33.1 Å². The highest BCUT2D eigenvalue weighted by Gasteiger charge is 2.32. The highest BCUT2D eigenvalue weighted by molar-refractivity contribution is 7.22. The Balaban J connectivity index is 2.38. The number of carbonyl (C=O) groups is 1. The minimum Gasteiger partial charge on any atom is -0.382 e. The summed E-state index contributed by atoms with van der Waals surface area (Å²) in [5.41, 5.74) is -0.0671. The van der Waals surface area contributed by atoms with Crippen molar-refractivity contribution < 1.29 is 27.4 Å². The van der Waals surface area contributed by atoms with Gasteiger partial charge in [0.2, 0.25) is 6.41 Å². The molecule has 2 rings (SSSR count). The van der Waals surface area contributed by atoms with Gasteiger partial charge in [-0.25, -0.2) is 4.98 Å². The minimum atomic E-state index is -4.46. The summed E-state index contributed by atoms with van der Waals surface area (Å²) in [7, 11) is 1.50. The van der Waals surface area contributed by atoms with Crippen molar-refractivity contribution in [2.75, 3.05) is 25.6 Å². The first kappa shape index (κ1) is 16.7. The number of carbonyl (C=O) groups excluding carboxylic acids is 1. The van der Waals surface area contributed by atoms with Gasteiger partial charge in [-0.05, 0) is 12.1 Å². The summed E-state index contributed by atoms with van der Waals surface area (Å²) >= 11 is 0.976. The van der Waals surface area contributed by atoms with Gasteiger partial charge in [-0.15, -0.1) is 0 Å². The van der Waals surface area contributed by atoms with Gasteiger partial charge < -0.3 is 14.8 Å². The molecule has 1 aromatic carbocycles. The number of benzene rings is 1. The Morgan fingerprint density at radius 3 is 2.77 bits per heavy atom. The first-order valence-corrected chi connectivity index (χ1v) is 7.05. The predicted molar refractivity (Wildman–Crippen MR) is 75.8 cm³/mol. The molecule has 120 valence electrons. The van der Waals surface area contributed by atoms with E-state index in [0.29, 0.717) is 28.8 Å². The predicted octanol–water partition coefficient (Wildman–Crippen LogP) is 3.05. The van der Waals surface area contributed by atoms with Crippen LogP contribution in [0.3, 0.4) is 0 Å². The number of halogens is 3. The first-order valence-electron chi connectivity index (χ1n) is 6.23. The smallest absolute Gasteiger partial charge is 0.382 e. The molecule has 0 aliphatic rings. The third-order valence-corrected chi connectivity index (χ3v) is 3.71. The largest absolute Gasteiger partial charge is 0.416 e. The Bertz CT molecular complexity index is 658. The lowest BCUT2D eigenvalue weighted by atomic mass is 10.1. The quantitative estimate of drug-likeness (QED) is 0.624. The second-order valence-corrected chi connectivity index (χ2v) is 5.34. The van der Waals surface area contributed by atoms with Gasteiger partial charge in [0, 0.05) is 12.7 Å². The summed E-state index contributed by atoms with van der Waals surface area (Å²) in [5.74, 6) is 0. The number of amides is 1. The lowest BCUT2D eigenvalue weighted by molar-refractivity contribution is -0.137. The zero-order valence-electron chi connectivity index (χ0n) is 11.6. The molecule has 0 aliphatic heterocycles. The molecule has 1 aromatic heterocycles. The van der Waals surface area contributed by atoms with E-state index in [-0.39, 0.29) is 18.3 Å². The van der Waals surface area contributed by atoms with E-state index in [1.54, 1.807) is 0 Å². The highest BCUT2D eigenvalue weighted by Crippen LogP contribution is 2.36. The van der Waals surface area contributed by atoms with Crippen LogP contribution in [0.4, 0.5) is 18.3 Å². The number of thiazole rings is 1. The average molecular weight is 334 g/mol. The number of alkyl halides is 3. The Hall–Kier alpha value is -1.71. The molecule has 0 aliphatic carbocycles. The molecule has 0 unspecified atom stereocenters. The fourth-order valence-corrected chi connectivity index (χ4v) is 2.72. The Kier molecular flexibility index (Phi) is 5.33. The molecule has 0 bridgehead atoms. The van der Waals surface area contributed by atoms with Gasteiger partial charge in [0.15, 0.2) is 5.13 Å². The Labute approximate surface area is 128 Å². The molecule has 1 heterocycles. The summed E-state index contributed by atoms with van der Waals surface area (Å²) in [6, 6.07) is 2.03. The normalized spacial score (nSPS) is 11.8. The number of rotatable bonds is 7. The van der Waals surface area contributed by atoms with Gasteiger partial charge in [-0.2, -0.15) is 13.2 Å². The van der Waals surface area contributed by atoms with E-state index in [9.17, 15) is 18.0 Å². The second kappa shape index (κ2) is 7.03. The molecule has 1 amide bonds. The number of methoxy groups -OCH3 is 1. The molecule has 0 atom stereocenters. The SMILES string of the molecule is COCCOCc1cc(C(F)(F)F)cc2sc(NC=O)nc12.